The molecule has 0 bridgehead atoms. The first-order valence-corrected chi connectivity index (χ1v) is 3.50. The Labute approximate surface area is 69.9 Å². The largest absolute Gasteiger partial charge is 0.479 e. The van der Waals surface area contributed by atoms with Crippen LogP contribution in [0.3, 0.4) is 0 Å². The quantitative estimate of drug-likeness (QED) is 0.230. The van der Waals surface area contributed by atoms with Gasteiger partial charge in [0.05, 0.1) is 0 Å². The van der Waals surface area contributed by atoms with Gasteiger partial charge in [-0.1, -0.05) is 0 Å². The van der Waals surface area contributed by atoms with Crippen molar-refractivity contribution in [2.24, 2.45) is 16.5 Å². The van der Waals surface area contributed by atoms with E-state index in [1.807, 2.05) is 0 Å². The molecule has 6 N–H and O–H groups in total. The third-order valence-electron chi connectivity index (χ3n) is 1.22. The van der Waals surface area contributed by atoms with Crippen LogP contribution in [-0.2, 0) is 4.79 Å². The molecule has 0 aromatic carbocycles. The summed E-state index contributed by atoms with van der Waals surface area (Å²) >= 11 is 0. The molecule has 0 saturated carbocycles. The van der Waals surface area contributed by atoms with E-state index in [1.165, 1.54) is 0 Å². The van der Waals surface area contributed by atoms with Gasteiger partial charge >= 0.3 is 5.97 Å². The van der Waals surface area contributed by atoms with Crippen LogP contribution in [-0.4, -0.2) is 34.8 Å². The number of carboxylic acids is 1. The zero-order valence-electron chi connectivity index (χ0n) is 6.60. The number of hydrogen-bond donors (Lipinski definition) is 4. The van der Waals surface area contributed by atoms with Gasteiger partial charge in [-0.15, -0.1) is 0 Å². The van der Waals surface area contributed by atoms with Crippen LogP contribution in [0.5, 0.6) is 0 Å². The van der Waals surface area contributed by atoms with Crippen LogP contribution in [0.25, 0.3) is 0 Å². The summed E-state index contributed by atoms with van der Waals surface area (Å²) in [7, 11) is 0. The highest BCUT2D eigenvalue weighted by atomic mass is 16.4. The minimum atomic E-state index is -1.32. The van der Waals surface area contributed by atoms with Crippen molar-refractivity contribution < 1.29 is 15.0 Å². The molecule has 0 spiro atoms. The third kappa shape index (κ3) is 5.48. The SMILES string of the molecule is NC(N)=NCCC[C@@H](O)C(=O)O. The Kier molecular flexibility index (Phi) is 4.78. The summed E-state index contributed by atoms with van der Waals surface area (Å²) in [5, 5.41) is 17.0. The summed E-state index contributed by atoms with van der Waals surface area (Å²) in [6, 6.07) is 0. The van der Waals surface area contributed by atoms with Gasteiger partial charge < -0.3 is 21.7 Å². The Morgan fingerprint density at radius 2 is 2.08 bits per heavy atom. The standard InChI is InChI=1S/C6H13N3O3/c7-6(8)9-3-1-2-4(10)5(11)12/h4,10H,1-3H2,(H,11,12)(H4,7,8,9)/t4-/m1/s1. The number of nitrogens with two attached hydrogens (primary N) is 2. The van der Waals surface area contributed by atoms with Crippen LogP contribution in [0.15, 0.2) is 4.99 Å². The van der Waals surface area contributed by atoms with E-state index < -0.39 is 12.1 Å². The molecule has 0 heterocycles. The summed E-state index contributed by atoms with van der Waals surface area (Å²) in [5.74, 6) is -1.25. The summed E-state index contributed by atoms with van der Waals surface area (Å²) < 4.78 is 0. The van der Waals surface area contributed by atoms with Gasteiger partial charge in [0.2, 0.25) is 0 Å². The third-order valence-corrected chi connectivity index (χ3v) is 1.22. The van der Waals surface area contributed by atoms with Crippen LogP contribution in [0, 0.1) is 0 Å². The number of guanidine groups is 1. The molecule has 0 aliphatic carbocycles. The number of aliphatic carboxylic acids is 1. The molecular weight excluding hydrogens is 162 g/mol. The maximum Gasteiger partial charge on any atom is 0.332 e. The maximum absolute atomic E-state index is 10.1. The zero-order valence-corrected chi connectivity index (χ0v) is 6.60. The smallest absolute Gasteiger partial charge is 0.332 e. The minimum absolute atomic E-state index is 0.0279. The minimum Gasteiger partial charge on any atom is -0.479 e. The Morgan fingerprint density at radius 1 is 1.50 bits per heavy atom. The molecule has 1 atom stereocenters. The molecule has 0 saturated heterocycles. The van der Waals surface area contributed by atoms with Gasteiger partial charge in [0.25, 0.3) is 0 Å². The lowest BCUT2D eigenvalue weighted by Gasteiger charge is -2.02. The van der Waals surface area contributed by atoms with Crippen molar-refractivity contribution in [1.82, 2.24) is 0 Å². The summed E-state index contributed by atoms with van der Waals surface area (Å²) in [5.41, 5.74) is 10.0. The van der Waals surface area contributed by atoms with Crippen molar-refractivity contribution in [3.63, 3.8) is 0 Å². The normalized spacial score (nSPS) is 12.1. The van der Waals surface area contributed by atoms with Crippen LogP contribution in [0.2, 0.25) is 0 Å². The molecule has 0 rings (SSSR count). The van der Waals surface area contributed by atoms with Crippen LogP contribution < -0.4 is 11.5 Å². The van der Waals surface area contributed by atoms with Gasteiger partial charge in [-0.05, 0) is 12.8 Å². The molecule has 70 valence electrons. The van der Waals surface area contributed by atoms with Crippen LogP contribution >= 0.6 is 0 Å². The molecule has 6 nitrogen and oxygen atoms in total. The predicted molar refractivity (Wildman–Crippen MR) is 43.6 cm³/mol. The number of nitrogens with zero attached hydrogens (tertiary/aromatic N) is 1. The molecule has 0 unspecified atom stereocenters. The van der Waals surface area contributed by atoms with E-state index in [2.05, 4.69) is 4.99 Å². The number of carboxylic acid groups (broad SMARTS) is 1. The van der Waals surface area contributed by atoms with Crippen LogP contribution in [0.1, 0.15) is 12.8 Å². The van der Waals surface area contributed by atoms with Gasteiger partial charge in [-0.2, -0.15) is 0 Å². The monoisotopic (exact) mass is 175 g/mol. The fourth-order valence-electron chi connectivity index (χ4n) is 0.616. The fraction of sp³-hybridized carbons (Fsp3) is 0.667. The van der Waals surface area contributed by atoms with E-state index in [0.717, 1.165) is 0 Å². The van der Waals surface area contributed by atoms with Crippen molar-refractivity contribution in [3.05, 3.63) is 0 Å². The molecule has 0 radical (unpaired) electrons. The molecule has 0 aromatic rings. The van der Waals surface area contributed by atoms with Gasteiger partial charge in [-0.3, -0.25) is 4.99 Å². The number of aliphatic hydroxyl groups is 1. The molecule has 0 fully saturated rings. The van der Waals surface area contributed by atoms with Gasteiger partial charge in [-0.25, -0.2) is 4.79 Å². The van der Waals surface area contributed by atoms with E-state index in [1.54, 1.807) is 0 Å². The number of aliphatic imine (C=N–C) groups is 1. The van der Waals surface area contributed by atoms with E-state index >= 15 is 0 Å². The Morgan fingerprint density at radius 3 is 2.50 bits per heavy atom. The van der Waals surface area contributed by atoms with Gasteiger partial charge in [0.15, 0.2) is 12.1 Å². The van der Waals surface area contributed by atoms with Crippen molar-refractivity contribution in [2.45, 2.75) is 18.9 Å². The first-order chi connectivity index (χ1) is 5.54. The number of carbonyl (C=O) groups is 1. The highest BCUT2D eigenvalue weighted by Crippen LogP contribution is 1.96. The Bertz CT molecular complexity index is 177. The maximum atomic E-state index is 10.1. The summed E-state index contributed by atoms with van der Waals surface area (Å²) in [6.45, 7) is 0.340. The van der Waals surface area contributed by atoms with Crippen molar-refractivity contribution in [1.29, 1.82) is 0 Å². The van der Waals surface area contributed by atoms with E-state index in [0.29, 0.717) is 13.0 Å². The van der Waals surface area contributed by atoms with E-state index in [4.69, 9.17) is 21.7 Å². The second-order valence-corrected chi connectivity index (χ2v) is 2.30. The second kappa shape index (κ2) is 5.36. The highest BCUT2D eigenvalue weighted by Gasteiger charge is 2.11. The first kappa shape index (κ1) is 10.7. The molecule has 0 aliphatic heterocycles. The van der Waals surface area contributed by atoms with Crippen molar-refractivity contribution in [3.8, 4) is 0 Å². The van der Waals surface area contributed by atoms with Gasteiger partial charge in [0, 0.05) is 6.54 Å². The predicted octanol–water partition coefficient (Wildman–Crippen LogP) is -1.51. The zero-order chi connectivity index (χ0) is 9.56. The van der Waals surface area contributed by atoms with Gasteiger partial charge in [0.1, 0.15) is 0 Å². The van der Waals surface area contributed by atoms with Crippen LogP contribution in [0.4, 0.5) is 0 Å². The molecule has 0 aliphatic rings. The Hall–Kier alpha value is -1.30. The first-order valence-electron chi connectivity index (χ1n) is 3.50. The summed E-state index contributed by atoms with van der Waals surface area (Å²) in [4.78, 5) is 13.7. The summed E-state index contributed by atoms with van der Waals surface area (Å²) in [6.07, 6.45) is -0.712. The molecule has 12 heavy (non-hydrogen) atoms. The van der Waals surface area contributed by atoms with Crippen molar-refractivity contribution >= 4 is 11.9 Å². The molecule has 6 heteroatoms. The lowest BCUT2D eigenvalue weighted by Crippen LogP contribution is -2.23. The average Bonchev–Trinajstić information content (AvgIpc) is 1.97. The molecular formula is C6H13N3O3. The highest BCUT2D eigenvalue weighted by molar-refractivity contribution is 5.75. The number of rotatable bonds is 5. The van der Waals surface area contributed by atoms with E-state index in [9.17, 15) is 4.79 Å². The Balaban J connectivity index is 3.44. The topological polar surface area (TPSA) is 122 Å². The molecule has 0 aromatic heterocycles. The second-order valence-electron chi connectivity index (χ2n) is 2.30. The fourth-order valence-corrected chi connectivity index (χ4v) is 0.616. The van der Waals surface area contributed by atoms with Crippen molar-refractivity contribution in [2.75, 3.05) is 6.54 Å². The lowest BCUT2D eigenvalue weighted by atomic mass is 10.2. The number of hydrogen-bond acceptors (Lipinski definition) is 3. The van der Waals surface area contributed by atoms with E-state index in [-0.39, 0.29) is 12.4 Å². The molecule has 0 amide bonds. The lowest BCUT2D eigenvalue weighted by molar-refractivity contribution is -0.146. The average molecular weight is 175 g/mol. The number of aliphatic hydroxyl groups excluding tert-OH is 1.